The fourth-order valence-corrected chi connectivity index (χ4v) is 2.80. The number of nitrogens with two attached hydrogens (primary N) is 1. The largest absolute Gasteiger partial charge is 0.379 e. The topological polar surface area (TPSA) is 94.1 Å². The minimum Gasteiger partial charge on any atom is -0.379 e. The van der Waals surface area contributed by atoms with Crippen molar-refractivity contribution in [3.05, 3.63) is 40.6 Å². The van der Waals surface area contributed by atoms with Gasteiger partial charge in [-0.15, -0.1) is 0 Å². The zero-order valence-electron chi connectivity index (χ0n) is 11.0. The monoisotopic (exact) mass is 272 g/mol. The van der Waals surface area contributed by atoms with Crippen molar-refractivity contribution in [2.24, 2.45) is 5.73 Å². The predicted molar refractivity (Wildman–Crippen MR) is 77.6 cm³/mol. The Bertz CT molecular complexity index is 659. The van der Waals surface area contributed by atoms with E-state index in [9.17, 15) is 10.1 Å². The van der Waals surface area contributed by atoms with E-state index in [0.717, 1.165) is 24.9 Å². The van der Waals surface area contributed by atoms with E-state index in [1.807, 2.05) is 0 Å². The summed E-state index contributed by atoms with van der Waals surface area (Å²) in [4.78, 5) is 15.0. The highest BCUT2D eigenvalue weighted by Gasteiger charge is 2.25. The molecule has 1 aromatic carbocycles. The molecule has 1 aliphatic carbocycles. The van der Waals surface area contributed by atoms with E-state index in [4.69, 9.17) is 5.73 Å². The lowest BCUT2D eigenvalue weighted by Crippen LogP contribution is -2.35. The molecule has 6 nitrogen and oxygen atoms in total. The number of pyridine rings is 1. The molecule has 0 aliphatic heterocycles. The Kier molecular flexibility index (Phi) is 3.23. The molecular formula is C14H16N4O2. The highest BCUT2D eigenvalue weighted by atomic mass is 16.6. The summed E-state index contributed by atoms with van der Waals surface area (Å²) in [5.74, 6) is 0. The number of nitrogens with zero attached hydrogens (tertiary/aromatic N) is 2. The molecule has 1 aliphatic rings. The summed E-state index contributed by atoms with van der Waals surface area (Å²) in [6.45, 7) is 0. The second kappa shape index (κ2) is 5.05. The van der Waals surface area contributed by atoms with Gasteiger partial charge in [0.05, 0.1) is 16.0 Å². The van der Waals surface area contributed by atoms with Crippen molar-refractivity contribution in [1.29, 1.82) is 0 Å². The fraction of sp³-hybridized carbons (Fsp3) is 0.357. The molecular weight excluding hydrogens is 256 g/mol. The Morgan fingerprint density at radius 3 is 2.90 bits per heavy atom. The van der Waals surface area contributed by atoms with Crippen LogP contribution in [0, 0.1) is 10.1 Å². The van der Waals surface area contributed by atoms with Crippen LogP contribution in [-0.4, -0.2) is 22.0 Å². The van der Waals surface area contributed by atoms with Crippen LogP contribution in [-0.2, 0) is 0 Å². The normalized spacial score (nSPS) is 22.1. The van der Waals surface area contributed by atoms with E-state index in [0.29, 0.717) is 10.9 Å². The maximum atomic E-state index is 11.1. The number of rotatable bonds is 3. The molecule has 0 saturated heterocycles. The summed E-state index contributed by atoms with van der Waals surface area (Å²) in [6.07, 6.45) is 4.78. The van der Waals surface area contributed by atoms with Crippen molar-refractivity contribution >= 4 is 22.3 Å². The van der Waals surface area contributed by atoms with Crippen LogP contribution in [0.25, 0.3) is 10.9 Å². The SMILES string of the molecule is NC1CCCC1Nc1ccc([N+](=O)[O-])c2cccnc12. The van der Waals surface area contributed by atoms with Gasteiger partial charge in [-0.3, -0.25) is 15.1 Å². The lowest BCUT2D eigenvalue weighted by Gasteiger charge is -2.19. The number of aromatic nitrogens is 1. The molecule has 0 bridgehead atoms. The number of nitro groups is 1. The Labute approximate surface area is 116 Å². The van der Waals surface area contributed by atoms with Gasteiger partial charge in [0.1, 0.15) is 5.52 Å². The van der Waals surface area contributed by atoms with Gasteiger partial charge in [-0.2, -0.15) is 0 Å². The Hall–Kier alpha value is -2.21. The smallest absolute Gasteiger partial charge is 0.278 e. The molecule has 3 rings (SSSR count). The summed E-state index contributed by atoms with van der Waals surface area (Å²) in [7, 11) is 0. The molecule has 6 heteroatoms. The first-order chi connectivity index (χ1) is 9.66. The van der Waals surface area contributed by atoms with Gasteiger partial charge < -0.3 is 11.1 Å². The van der Waals surface area contributed by atoms with Gasteiger partial charge >= 0.3 is 0 Å². The summed E-state index contributed by atoms with van der Waals surface area (Å²) < 4.78 is 0. The number of nitro benzene ring substituents is 1. The quantitative estimate of drug-likeness (QED) is 0.661. The fourth-order valence-electron chi connectivity index (χ4n) is 2.80. The standard InChI is InChI=1S/C14H16N4O2/c15-10-4-1-5-11(10)17-12-6-7-13(18(19)20)9-3-2-8-16-14(9)12/h2-3,6-8,10-11,17H,1,4-5,15H2. The van der Waals surface area contributed by atoms with Gasteiger partial charge in [0, 0.05) is 24.3 Å². The molecule has 0 spiro atoms. The van der Waals surface area contributed by atoms with E-state index < -0.39 is 0 Å². The summed E-state index contributed by atoms with van der Waals surface area (Å²) >= 11 is 0. The van der Waals surface area contributed by atoms with Gasteiger partial charge in [-0.05, 0) is 37.5 Å². The van der Waals surface area contributed by atoms with Crippen molar-refractivity contribution in [2.45, 2.75) is 31.3 Å². The highest BCUT2D eigenvalue weighted by Crippen LogP contribution is 2.31. The molecule has 0 radical (unpaired) electrons. The van der Waals surface area contributed by atoms with E-state index in [1.54, 1.807) is 24.4 Å². The molecule has 104 valence electrons. The molecule has 0 amide bonds. The second-order valence-electron chi connectivity index (χ2n) is 5.13. The van der Waals surface area contributed by atoms with E-state index in [2.05, 4.69) is 10.3 Å². The molecule has 20 heavy (non-hydrogen) atoms. The molecule has 1 aromatic heterocycles. The average Bonchev–Trinajstić information content (AvgIpc) is 2.84. The molecule has 2 aromatic rings. The van der Waals surface area contributed by atoms with Crippen molar-refractivity contribution < 1.29 is 4.92 Å². The summed E-state index contributed by atoms with van der Waals surface area (Å²) in [5.41, 5.74) is 7.58. The Morgan fingerprint density at radius 2 is 2.20 bits per heavy atom. The van der Waals surface area contributed by atoms with E-state index in [-0.39, 0.29) is 22.7 Å². The van der Waals surface area contributed by atoms with Crippen molar-refractivity contribution in [1.82, 2.24) is 4.98 Å². The molecule has 1 fully saturated rings. The van der Waals surface area contributed by atoms with Gasteiger partial charge in [0.2, 0.25) is 0 Å². The maximum Gasteiger partial charge on any atom is 0.278 e. The molecule has 2 unspecified atom stereocenters. The number of fused-ring (bicyclic) bond motifs is 1. The van der Waals surface area contributed by atoms with Crippen LogP contribution in [0.15, 0.2) is 30.5 Å². The van der Waals surface area contributed by atoms with Crippen molar-refractivity contribution in [2.75, 3.05) is 5.32 Å². The molecule has 1 saturated carbocycles. The van der Waals surface area contributed by atoms with E-state index in [1.165, 1.54) is 6.07 Å². The Morgan fingerprint density at radius 1 is 1.35 bits per heavy atom. The van der Waals surface area contributed by atoms with Crippen LogP contribution in [0.4, 0.5) is 11.4 Å². The molecule has 2 atom stereocenters. The third kappa shape index (κ3) is 2.18. The Balaban J connectivity index is 2.04. The second-order valence-corrected chi connectivity index (χ2v) is 5.13. The summed E-state index contributed by atoms with van der Waals surface area (Å²) in [5, 5.41) is 15.0. The number of anilines is 1. The van der Waals surface area contributed by atoms with Gasteiger partial charge in [0.25, 0.3) is 5.69 Å². The zero-order valence-corrected chi connectivity index (χ0v) is 11.0. The first-order valence-electron chi connectivity index (χ1n) is 6.71. The minimum atomic E-state index is -0.380. The van der Waals surface area contributed by atoms with Gasteiger partial charge in [-0.25, -0.2) is 0 Å². The van der Waals surface area contributed by atoms with Crippen LogP contribution in [0.5, 0.6) is 0 Å². The third-order valence-corrected chi connectivity index (χ3v) is 3.85. The van der Waals surface area contributed by atoms with Crippen molar-refractivity contribution in [3.63, 3.8) is 0 Å². The lowest BCUT2D eigenvalue weighted by molar-refractivity contribution is -0.383. The van der Waals surface area contributed by atoms with Gasteiger partial charge in [0.15, 0.2) is 0 Å². The van der Waals surface area contributed by atoms with E-state index >= 15 is 0 Å². The first kappa shape index (κ1) is 12.8. The van der Waals surface area contributed by atoms with Crippen LogP contribution < -0.4 is 11.1 Å². The number of benzene rings is 1. The van der Waals surface area contributed by atoms with Crippen LogP contribution in [0.1, 0.15) is 19.3 Å². The highest BCUT2D eigenvalue weighted by molar-refractivity contribution is 5.96. The maximum absolute atomic E-state index is 11.1. The molecule has 1 heterocycles. The predicted octanol–water partition coefficient (Wildman–Crippen LogP) is 2.43. The van der Waals surface area contributed by atoms with Crippen molar-refractivity contribution in [3.8, 4) is 0 Å². The lowest BCUT2D eigenvalue weighted by atomic mass is 10.1. The van der Waals surface area contributed by atoms with Crippen LogP contribution >= 0.6 is 0 Å². The molecule has 3 N–H and O–H groups in total. The first-order valence-corrected chi connectivity index (χ1v) is 6.71. The number of hydrogen-bond acceptors (Lipinski definition) is 5. The number of nitrogens with one attached hydrogen (secondary N) is 1. The van der Waals surface area contributed by atoms with Gasteiger partial charge in [-0.1, -0.05) is 0 Å². The van der Waals surface area contributed by atoms with Crippen LogP contribution in [0.2, 0.25) is 0 Å². The summed E-state index contributed by atoms with van der Waals surface area (Å²) in [6, 6.07) is 7.01. The average molecular weight is 272 g/mol. The minimum absolute atomic E-state index is 0.0781. The zero-order chi connectivity index (χ0) is 14.1. The number of hydrogen-bond donors (Lipinski definition) is 2. The third-order valence-electron chi connectivity index (χ3n) is 3.85. The van der Waals surface area contributed by atoms with Crippen LogP contribution in [0.3, 0.4) is 0 Å². The number of non-ortho nitro benzene ring substituents is 1.